The number of amides is 2. The molecule has 180 valence electrons. The zero-order valence-corrected chi connectivity index (χ0v) is 22.0. The van der Waals surface area contributed by atoms with Gasteiger partial charge in [0, 0.05) is 17.3 Å². The van der Waals surface area contributed by atoms with Crippen molar-refractivity contribution in [3.63, 3.8) is 0 Å². The Morgan fingerprint density at radius 2 is 1.76 bits per heavy atom. The molecule has 1 atom stereocenters. The minimum Gasteiger partial charge on any atom is -0.342 e. The highest BCUT2D eigenvalue weighted by atomic mass is 35.5. The molecule has 0 aliphatic heterocycles. The Morgan fingerprint density at radius 1 is 1.09 bits per heavy atom. The van der Waals surface area contributed by atoms with Crippen LogP contribution in [0.3, 0.4) is 0 Å². The van der Waals surface area contributed by atoms with E-state index in [1.54, 1.807) is 12.1 Å². The molecule has 34 heavy (non-hydrogen) atoms. The standard InChI is InChI=1S/C24H27Cl2N5O2S/c1-6-31-22(16(5)27-23(33)18-8-7-17(25)11-19(18)26)29-30-24(31)34-12-20(32)28-21-14(3)9-13(2)10-15(21)4/h7-11,16H,6,12H2,1-5H3,(H,27,33)(H,28,32)/t16-/m1/s1. The highest BCUT2D eigenvalue weighted by Crippen LogP contribution is 2.25. The SMILES string of the molecule is CCn1c(SCC(=O)Nc2c(C)cc(C)cc2C)nnc1[C@@H](C)NC(=O)c1ccc(Cl)cc1Cl. The lowest BCUT2D eigenvalue weighted by atomic mass is 10.1. The molecule has 0 fully saturated rings. The van der Waals surface area contributed by atoms with Crippen LogP contribution in [0.2, 0.25) is 10.0 Å². The van der Waals surface area contributed by atoms with Gasteiger partial charge in [0.15, 0.2) is 11.0 Å². The molecule has 1 heterocycles. The molecule has 0 spiro atoms. The normalized spacial score (nSPS) is 11.9. The summed E-state index contributed by atoms with van der Waals surface area (Å²) in [4.78, 5) is 25.3. The van der Waals surface area contributed by atoms with Crippen molar-refractivity contribution in [1.82, 2.24) is 20.1 Å². The van der Waals surface area contributed by atoms with Gasteiger partial charge in [0.1, 0.15) is 0 Å². The molecule has 2 N–H and O–H groups in total. The molecule has 1 aromatic heterocycles. The third-order valence-corrected chi connectivity index (χ3v) is 6.76. The Morgan fingerprint density at radius 3 is 2.38 bits per heavy atom. The fourth-order valence-corrected chi connectivity index (χ4v) is 5.02. The number of thioether (sulfide) groups is 1. The number of rotatable bonds is 8. The summed E-state index contributed by atoms with van der Waals surface area (Å²) in [5, 5.41) is 15.7. The first-order valence-corrected chi connectivity index (χ1v) is 12.5. The van der Waals surface area contributed by atoms with Gasteiger partial charge in [0.05, 0.1) is 22.4 Å². The number of aromatic nitrogens is 3. The van der Waals surface area contributed by atoms with E-state index in [1.807, 2.05) is 51.3 Å². The minimum atomic E-state index is -0.423. The van der Waals surface area contributed by atoms with Gasteiger partial charge in [-0.3, -0.25) is 9.59 Å². The molecular weight excluding hydrogens is 493 g/mol. The number of carbonyl (C=O) groups is 2. The number of benzene rings is 2. The van der Waals surface area contributed by atoms with E-state index in [-0.39, 0.29) is 22.6 Å². The monoisotopic (exact) mass is 519 g/mol. The van der Waals surface area contributed by atoms with E-state index in [0.717, 1.165) is 22.4 Å². The molecule has 2 amide bonds. The summed E-state index contributed by atoms with van der Waals surface area (Å²) in [6, 6.07) is 8.38. The molecule has 3 rings (SSSR count). The van der Waals surface area contributed by atoms with Crippen LogP contribution in [-0.4, -0.2) is 32.3 Å². The number of nitrogens with zero attached hydrogens (tertiary/aromatic N) is 3. The zero-order valence-electron chi connectivity index (χ0n) is 19.7. The average Bonchev–Trinajstić information content (AvgIpc) is 3.17. The van der Waals surface area contributed by atoms with Gasteiger partial charge < -0.3 is 15.2 Å². The van der Waals surface area contributed by atoms with Gasteiger partial charge in [-0.05, 0) is 63.9 Å². The molecule has 3 aromatic rings. The molecular formula is C24H27Cl2N5O2S. The summed E-state index contributed by atoms with van der Waals surface area (Å²) in [7, 11) is 0. The summed E-state index contributed by atoms with van der Waals surface area (Å²) in [5.74, 6) is 0.323. The van der Waals surface area contributed by atoms with Gasteiger partial charge in [0.25, 0.3) is 5.91 Å². The van der Waals surface area contributed by atoms with Crippen molar-refractivity contribution in [3.05, 3.63) is 68.5 Å². The van der Waals surface area contributed by atoms with Crippen molar-refractivity contribution >= 4 is 52.5 Å². The largest absolute Gasteiger partial charge is 0.342 e. The average molecular weight is 520 g/mol. The fourth-order valence-electron chi connectivity index (χ4n) is 3.72. The second kappa shape index (κ2) is 11.3. The second-order valence-electron chi connectivity index (χ2n) is 8.01. The Kier molecular flexibility index (Phi) is 8.62. The smallest absolute Gasteiger partial charge is 0.253 e. The predicted molar refractivity (Wildman–Crippen MR) is 138 cm³/mol. The van der Waals surface area contributed by atoms with Gasteiger partial charge in [-0.15, -0.1) is 10.2 Å². The van der Waals surface area contributed by atoms with Crippen LogP contribution in [0.1, 0.15) is 52.8 Å². The molecule has 0 unspecified atom stereocenters. The van der Waals surface area contributed by atoms with Crippen molar-refractivity contribution < 1.29 is 9.59 Å². The van der Waals surface area contributed by atoms with Crippen LogP contribution in [0.25, 0.3) is 0 Å². The van der Waals surface area contributed by atoms with Crippen LogP contribution in [0.4, 0.5) is 5.69 Å². The van der Waals surface area contributed by atoms with Crippen LogP contribution in [-0.2, 0) is 11.3 Å². The molecule has 0 saturated carbocycles. The van der Waals surface area contributed by atoms with E-state index in [1.165, 1.54) is 17.8 Å². The number of hydrogen-bond donors (Lipinski definition) is 2. The molecule has 0 aliphatic rings. The molecule has 0 aliphatic carbocycles. The van der Waals surface area contributed by atoms with Crippen LogP contribution in [0.15, 0.2) is 35.5 Å². The van der Waals surface area contributed by atoms with Gasteiger partial charge in [-0.2, -0.15) is 0 Å². The molecule has 0 radical (unpaired) electrons. The van der Waals surface area contributed by atoms with Crippen molar-refractivity contribution in [2.24, 2.45) is 0 Å². The second-order valence-corrected chi connectivity index (χ2v) is 9.80. The number of carbonyl (C=O) groups excluding carboxylic acids is 2. The van der Waals surface area contributed by atoms with E-state index in [0.29, 0.717) is 28.1 Å². The third-order valence-electron chi connectivity index (χ3n) is 5.25. The predicted octanol–water partition coefficient (Wildman–Crippen LogP) is 5.75. The van der Waals surface area contributed by atoms with Gasteiger partial charge in [-0.25, -0.2) is 0 Å². The molecule has 10 heteroatoms. The van der Waals surface area contributed by atoms with Crippen LogP contribution >= 0.6 is 35.0 Å². The molecule has 0 saturated heterocycles. The molecule has 2 aromatic carbocycles. The van der Waals surface area contributed by atoms with Crippen molar-refractivity contribution in [1.29, 1.82) is 0 Å². The van der Waals surface area contributed by atoms with Gasteiger partial charge in [0.2, 0.25) is 5.91 Å². The Bertz CT molecular complexity index is 1210. The lowest BCUT2D eigenvalue weighted by molar-refractivity contribution is -0.113. The zero-order chi connectivity index (χ0) is 25.0. The maximum Gasteiger partial charge on any atom is 0.253 e. The Labute approximate surface area is 213 Å². The topological polar surface area (TPSA) is 88.9 Å². The first kappa shape index (κ1) is 26.1. The number of anilines is 1. The first-order valence-electron chi connectivity index (χ1n) is 10.8. The highest BCUT2D eigenvalue weighted by molar-refractivity contribution is 7.99. The summed E-state index contributed by atoms with van der Waals surface area (Å²) in [6.07, 6.45) is 0. The first-order chi connectivity index (χ1) is 16.1. The lowest BCUT2D eigenvalue weighted by Crippen LogP contribution is -2.29. The Hall–Kier alpha value is -2.55. The van der Waals surface area contributed by atoms with E-state index in [9.17, 15) is 9.59 Å². The van der Waals surface area contributed by atoms with E-state index in [2.05, 4.69) is 20.8 Å². The number of halogens is 2. The summed E-state index contributed by atoms with van der Waals surface area (Å²) in [5.41, 5.74) is 4.38. The minimum absolute atomic E-state index is 0.119. The summed E-state index contributed by atoms with van der Waals surface area (Å²) in [6.45, 7) is 10.4. The molecule has 7 nitrogen and oxygen atoms in total. The maximum atomic E-state index is 12.7. The summed E-state index contributed by atoms with van der Waals surface area (Å²) < 4.78 is 1.88. The lowest BCUT2D eigenvalue weighted by Gasteiger charge is -2.16. The van der Waals surface area contributed by atoms with Gasteiger partial charge in [-0.1, -0.05) is 52.7 Å². The van der Waals surface area contributed by atoms with E-state index >= 15 is 0 Å². The third kappa shape index (κ3) is 6.11. The molecule has 0 bridgehead atoms. The van der Waals surface area contributed by atoms with Crippen LogP contribution in [0.5, 0.6) is 0 Å². The highest BCUT2D eigenvalue weighted by Gasteiger charge is 2.21. The number of aryl methyl sites for hydroxylation is 3. The van der Waals surface area contributed by atoms with E-state index < -0.39 is 6.04 Å². The summed E-state index contributed by atoms with van der Waals surface area (Å²) >= 11 is 13.4. The van der Waals surface area contributed by atoms with E-state index in [4.69, 9.17) is 23.2 Å². The quantitative estimate of drug-likeness (QED) is 0.369. The fraction of sp³-hybridized carbons (Fsp3) is 0.333. The van der Waals surface area contributed by atoms with Crippen LogP contribution < -0.4 is 10.6 Å². The van der Waals surface area contributed by atoms with Crippen molar-refractivity contribution in [3.8, 4) is 0 Å². The number of nitrogens with one attached hydrogen (secondary N) is 2. The van der Waals surface area contributed by atoms with Crippen molar-refractivity contribution in [2.75, 3.05) is 11.1 Å². The maximum absolute atomic E-state index is 12.7. The van der Waals surface area contributed by atoms with Gasteiger partial charge >= 0.3 is 0 Å². The van der Waals surface area contributed by atoms with Crippen LogP contribution in [0, 0.1) is 20.8 Å². The van der Waals surface area contributed by atoms with Crippen molar-refractivity contribution in [2.45, 2.75) is 52.4 Å². The number of hydrogen-bond acceptors (Lipinski definition) is 5. The Balaban J connectivity index is 1.66.